The maximum Gasteiger partial charge on any atom is 0.224 e. The maximum atomic E-state index is 11.7. The van der Waals surface area contributed by atoms with Gasteiger partial charge in [-0.05, 0) is 18.3 Å². The molecule has 4 heteroatoms. The predicted octanol–water partition coefficient (Wildman–Crippen LogP) is 0.465. The summed E-state index contributed by atoms with van der Waals surface area (Å²) in [5.41, 5.74) is 5.47. The van der Waals surface area contributed by atoms with Crippen molar-refractivity contribution >= 4 is 5.91 Å². The molecule has 1 aliphatic carbocycles. The van der Waals surface area contributed by atoms with Crippen LogP contribution in [0.4, 0.5) is 0 Å². The number of nitrogens with zero attached hydrogens (tertiary/aromatic N) is 1. The second-order valence-corrected chi connectivity index (χ2v) is 4.54. The van der Waals surface area contributed by atoms with E-state index >= 15 is 0 Å². The van der Waals surface area contributed by atoms with Crippen molar-refractivity contribution in [3.8, 4) is 0 Å². The largest absolute Gasteiger partial charge is 0.380 e. The first-order valence-electron chi connectivity index (χ1n) is 5.55. The molecule has 3 atom stereocenters. The van der Waals surface area contributed by atoms with Crippen LogP contribution in [0.15, 0.2) is 0 Å². The van der Waals surface area contributed by atoms with Gasteiger partial charge in [-0.2, -0.15) is 0 Å². The zero-order valence-electron chi connectivity index (χ0n) is 9.90. The summed E-state index contributed by atoms with van der Waals surface area (Å²) in [4.78, 5) is 13.5. The SMILES string of the molecule is COC(CN)CC(=O)N(C)CC1CC1C. The van der Waals surface area contributed by atoms with Gasteiger partial charge >= 0.3 is 0 Å². The highest BCUT2D eigenvalue weighted by Crippen LogP contribution is 2.37. The van der Waals surface area contributed by atoms with Gasteiger partial charge in [0.05, 0.1) is 12.5 Å². The molecule has 1 amide bonds. The fourth-order valence-corrected chi connectivity index (χ4v) is 1.72. The first-order valence-corrected chi connectivity index (χ1v) is 5.55. The smallest absolute Gasteiger partial charge is 0.224 e. The molecule has 1 saturated carbocycles. The van der Waals surface area contributed by atoms with E-state index in [1.807, 2.05) is 7.05 Å². The average Bonchev–Trinajstić information content (AvgIpc) is 2.90. The van der Waals surface area contributed by atoms with Crippen LogP contribution in [0.1, 0.15) is 19.8 Å². The highest BCUT2D eigenvalue weighted by atomic mass is 16.5. The third-order valence-electron chi connectivity index (χ3n) is 3.21. The Bertz CT molecular complexity index is 217. The number of hydrogen-bond donors (Lipinski definition) is 1. The molecule has 0 aromatic carbocycles. The van der Waals surface area contributed by atoms with E-state index < -0.39 is 0 Å². The van der Waals surface area contributed by atoms with Crippen LogP contribution >= 0.6 is 0 Å². The highest BCUT2D eigenvalue weighted by molar-refractivity contribution is 5.76. The lowest BCUT2D eigenvalue weighted by atomic mass is 10.2. The van der Waals surface area contributed by atoms with E-state index in [0.717, 1.165) is 12.5 Å². The lowest BCUT2D eigenvalue weighted by molar-refractivity contribution is -0.132. The van der Waals surface area contributed by atoms with Gasteiger partial charge in [0.2, 0.25) is 5.91 Å². The van der Waals surface area contributed by atoms with E-state index in [0.29, 0.717) is 18.9 Å². The van der Waals surface area contributed by atoms with Gasteiger partial charge in [-0.15, -0.1) is 0 Å². The van der Waals surface area contributed by atoms with Gasteiger partial charge in [-0.25, -0.2) is 0 Å². The summed E-state index contributed by atoms with van der Waals surface area (Å²) < 4.78 is 5.09. The van der Waals surface area contributed by atoms with Crippen LogP contribution in [-0.2, 0) is 9.53 Å². The highest BCUT2D eigenvalue weighted by Gasteiger charge is 2.34. The third kappa shape index (κ3) is 3.80. The van der Waals surface area contributed by atoms with Crippen LogP contribution in [0.3, 0.4) is 0 Å². The van der Waals surface area contributed by atoms with Crippen LogP contribution in [0.25, 0.3) is 0 Å². The molecule has 0 bridgehead atoms. The number of amides is 1. The fraction of sp³-hybridized carbons (Fsp3) is 0.909. The number of nitrogens with two attached hydrogens (primary N) is 1. The normalized spacial score (nSPS) is 26.1. The van der Waals surface area contributed by atoms with E-state index in [-0.39, 0.29) is 12.0 Å². The van der Waals surface area contributed by atoms with Gasteiger partial charge in [0.1, 0.15) is 0 Å². The van der Waals surface area contributed by atoms with Crippen molar-refractivity contribution in [3.05, 3.63) is 0 Å². The van der Waals surface area contributed by atoms with Gasteiger partial charge in [-0.3, -0.25) is 4.79 Å². The first kappa shape index (κ1) is 12.5. The monoisotopic (exact) mass is 214 g/mol. The molecule has 0 spiro atoms. The maximum absolute atomic E-state index is 11.7. The Morgan fingerprint density at radius 1 is 1.67 bits per heavy atom. The molecular formula is C11H22N2O2. The summed E-state index contributed by atoms with van der Waals surface area (Å²) in [6, 6.07) is 0. The molecule has 0 aromatic heterocycles. The second kappa shape index (κ2) is 5.47. The minimum Gasteiger partial charge on any atom is -0.380 e. The Hall–Kier alpha value is -0.610. The van der Waals surface area contributed by atoms with Crippen molar-refractivity contribution < 1.29 is 9.53 Å². The standard InChI is InChI=1S/C11H22N2O2/c1-8-4-9(8)7-13(2)11(14)5-10(6-12)15-3/h8-10H,4-7,12H2,1-3H3. The topological polar surface area (TPSA) is 55.6 Å². The number of methoxy groups -OCH3 is 1. The second-order valence-electron chi connectivity index (χ2n) is 4.54. The van der Waals surface area contributed by atoms with Gasteiger partial charge < -0.3 is 15.4 Å². The van der Waals surface area contributed by atoms with Crippen molar-refractivity contribution in [3.63, 3.8) is 0 Å². The Morgan fingerprint density at radius 3 is 2.67 bits per heavy atom. The van der Waals surface area contributed by atoms with Gasteiger partial charge in [0.25, 0.3) is 0 Å². The van der Waals surface area contributed by atoms with E-state index in [9.17, 15) is 4.79 Å². The summed E-state index contributed by atoms with van der Waals surface area (Å²) in [7, 11) is 3.45. The van der Waals surface area contributed by atoms with Crippen molar-refractivity contribution in [1.82, 2.24) is 4.90 Å². The number of ether oxygens (including phenoxy) is 1. The fourth-order valence-electron chi connectivity index (χ4n) is 1.72. The molecule has 0 aliphatic heterocycles. The van der Waals surface area contributed by atoms with E-state index in [1.54, 1.807) is 12.0 Å². The number of rotatable bonds is 6. The van der Waals surface area contributed by atoms with Crippen molar-refractivity contribution in [1.29, 1.82) is 0 Å². The minimum absolute atomic E-state index is 0.131. The molecule has 0 heterocycles. The van der Waals surface area contributed by atoms with Gasteiger partial charge in [0.15, 0.2) is 0 Å². The summed E-state index contributed by atoms with van der Waals surface area (Å²) in [6.45, 7) is 3.50. The summed E-state index contributed by atoms with van der Waals surface area (Å²) in [5, 5.41) is 0. The van der Waals surface area contributed by atoms with Crippen molar-refractivity contribution in [2.24, 2.45) is 17.6 Å². The quantitative estimate of drug-likeness (QED) is 0.699. The van der Waals surface area contributed by atoms with Crippen molar-refractivity contribution in [2.75, 3.05) is 27.2 Å². The molecule has 0 aromatic rings. The Balaban J connectivity index is 2.25. The molecule has 15 heavy (non-hydrogen) atoms. The van der Waals surface area contributed by atoms with E-state index in [2.05, 4.69) is 6.92 Å². The van der Waals surface area contributed by atoms with Crippen LogP contribution in [0.2, 0.25) is 0 Å². The van der Waals surface area contributed by atoms with Crippen LogP contribution in [0.5, 0.6) is 0 Å². The predicted molar refractivity (Wildman–Crippen MR) is 59.4 cm³/mol. The lowest BCUT2D eigenvalue weighted by Gasteiger charge is -2.20. The number of carbonyl (C=O) groups excluding carboxylic acids is 1. The first-order chi connectivity index (χ1) is 7.08. The molecule has 1 fully saturated rings. The molecule has 0 saturated heterocycles. The molecular weight excluding hydrogens is 192 g/mol. The number of carbonyl (C=O) groups is 1. The van der Waals surface area contributed by atoms with Crippen molar-refractivity contribution in [2.45, 2.75) is 25.9 Å². The molecule has 88 valence electrons. The van der Waals surface area contributed by atoms with Crippen LogP contribution in [-0.4, -0.2) is 44.2 Å². The molecule has 4 nitrogen and oxygen atoms in total. The van der Waals surface area contributed by atoms with E-state index in [4.69, 9.17) is 10.5 Å². The van der Waals surface area contributed by atoms with Gasteiger partial charge in [0, 0.05) is 27.2 Å². The summed E-state index contributed by atoms with van der Waals surface area (Å²) in [6.07, 6.45) is 1.50. The third-order valence-corrected chi connectivity index (χ3v) is 3.21. The van der Waals surface area contributed by atoms with Crippen LogP contribution < -0.4 is 5.73 Å². The molecule has 2 N–H and O–H groups in total. The zero-order valence-corrected chi connectivity index (χ0v) is 9.90. The molecule has 3 unspecified atom stereocenters. The molecule has 1 aliphatic rings. The zero-order chi connectivity index (χ0) is 11.4. The van der Waals surface area contributed by atoms with Crippen LogP contribution in [0, 0.1) is 11.8 Å². The van der Waals surface area contributed by atoms with E-state index in [1.165, 1.54) is 6.42 Å². The minimum atomic E-state index is -0.142. The number of hydrogen-bond acceptors (Lipinski definition) is 3. The van der Waals surface area contributed by atoms with Gasteiger partial charge in [-0.1, -0.05) is 6.92 Å². The Kier molecular flexibility index (Phi) is 4.54. The summed E-state index contributed by atoms with van der Waals surface area (Å²) in [5.74, 6) is 1.62. The Morgan fingerprint density at radius 2 is 2.27 bits per heavy atom. The molecule has 0 radical (unpaired) electrons. The average molecular weight is 214 g/mol. The molecule has 1 rings (SSSR count). The Labute approximate surface area is 91.8 Å². The lowest BCUT2D eigenvalue weighted by Crippen LogP contribution is -2.34. The summed E-state index contributed by atoms with van der Waals surface area (Å²) >= 11 is 0.